The van der Waals surface area contributed by atoms with Gasteiger partial charge in [-0.2, -0.15) is 5.10 Å². The monoisotopic (exact) mass is 370 g/mol. The zero-order valence-corrected chi connectivity index (χ0v) is 15.2. The van der Waals surface area contributed by atoms with Crippen molar-refractivity contribution in [2.75, 3.05) is 13.7 Å². The third-order valence-corrected chi connectivity index (χ3v) is 4.81. The Kier molecular flexibility index (Phi) is 4.55. The second-order valence-electron chi connectivity index (χ2n) is 6.57. The molecule has 0 amide bonds. The van der Waals surface area contributed by atoms with Crippen LogP contribution in [-0.2, 0) is 11.3 Å². The van der Waals surface area contributed by atoms with Gasteiger partial charge in [-0.15, -0.1) is 0 Å². The lowest BCUT2D eigenvalue weighted by molar-refractivity contribution is 0.0601. The molecule has 5 nitrogen and oxygen atoms in total. The number of methoxy groups -OCH3 is 1. The predicted molar refractivity (Wildman–Crippen MR) is 99.8 cm³/mol. The lowest BCUT2D eigenvalue weighted by atomic mass is 10.1. The summed E-state index contributed by atoms with van der Waals surface area (Å²) in [7, 11) is 1.37. The molecule has 0 atom stereocenters. The highest BCUT2D eigenvalue weighted by atomic mass is 35.5. The van der Waals surface area contributed by atoms with Crippen molar-refractivity contribution in [1.82, 2.24) is 9.78 Å². The van der Waals surface area contributed by atoms with Crippen LogP contribution in [0.5, 0.6) is 5.75 Å². The van der Waals surface area contributed by atoms with E-state index in [2.05, 4.69) is 5.10 Å². The summed E-state index contributed by atoms with van der Waals surface area (Å²) >= 11 is 6.19. The van der Waals surface area contributed by atoms with Crippen LogP contribution in [-0.4, -0.2) is 29.5 Å². The molecule has 1 aliphatic carbocycles. The molecule has 1 fully saturated rings. The minimum absolute atomic E-state index is 0.356. The van der Waals surface area contributed by atoms with Crippen molar-refractivity contribution in [3.8, 4) is 5.75 Å². The zero-order valence-electron chi connectivity index (χ0n) is 14.4. The summed E-state index contributed by atoms with van der Waals surface area (Å²) in [6, 6.07) is 11.1. The summed E-state index contributed by atoms with van der Waals surface area (Å²) in [6.07, 6.45) is 4.24. The first-order chi connectivity index (χ1) is 12.6. The van der Waals surface area contributed by atoms with Gasteiger partial charge in [-0.1, -0.05) is 11.6 Å². The summed E-state index contributed by atoms with van der Waals surface area (Å²) in [6.45, 7) is 1.29. The van der Waals surface area contributed by atoms with E-state index < -0.39 is 0 Å². The number of hydrogen-bond donors (Lipinski definition) is 0. The van der Waals surface area contributed by atoms with Gasteiger partial charge in [-0.25, -0.2) is 4.79 Å². The van der Waals surface area contributed by atoms with Crippen molar-refractivity contribution in [2.45, 2.75) is 19.4 Å². The van der Waals surface area contributed by atoms with Gasteiger partial charge < -0.3 is 9.47 Å². The van der Waals surface area contributed by atoms with E-state index in [0.717, 1.165) is 28.8 Å². The summed E-state index contributed by atoms with van der Waals surface area (Å²) in [5.41, 5.74) is 2.43. The molecule has 1 aromatic heterocycles. The Morgan fingerprint density at radius 1 is 1.27 bits per heavy atom. The lowest BCUT2D eigenvalue weighted by Gasteiger charge is -2.12. The van der Waals surface area contributed by atoms with Crippen LogP contribution in [0.4, 0.5) is 0 Å². The number of halogens is 1. The van der Waals surface area contributed by atoms with Crippen molar-refractivity contribution in [3.05, 3.63) is 58.7 Å². The summed E-state index contributed by atoms with van der Waals surface area (Å²) in [5.74, 6) is 1.17. The van der Waals surface area contributed by atoms with Crippen LogP contribution in [0, 0.1) is 5.92 Å². The molecule has 1 saturated carbocycles. The van der Waals surface area contributed by atoms with Gasteiger partial charge in [-0.3, -0.25) is 4.68 Å². The van der Waals surface area contributed by atoms with Gasteiger partial charge >= 0.3 is 5.97 Å². The molecule has 2 aromatic carbocycles. The van der Waals surface area contributed by atoms with Gasteiger partial charge in [0.05, 0.1) is 37.5 Å². The Balaban J connectivity index is 1.62. The summed E-state index contributed by atoms with van der Waals surface area (Å²) in [5, 5.41) is 6.02. The Morgan fingerprint density at radius 2 is 2.12 bits per heavy atom. The van der Waals surface area contributed by atoms with E-state index in [0.29, 0.717) is 23.0 Å². The topological polar surface area (TPSA) is 53.3 Å². The fourth-order valence-corrected chi connectivity index (χ4v) is 3.12. The molecule has 0 spiro atoms. The quantitative estimate of drug-likeness (QED) is 0.606. The second-order valence-corrected chi connectivity index (χ2v) is 7.01. The number of aromatic nitrogens is 2. The van der Waals surface area contributed by atoms with Gasteiger partial charge in [0.2, 0.25) is 0 Å². The number of benzene rings is 2. The Morgan fingerprint density at radius 3 is 2.88 bits per heavy atom. The molecule has 0 unspecified atom stereocenters. The molecular weight excluding hydrogens is 352 g/mol. The second kappa shape index (κ2) is 7.00. The van der Waals surface area contributed by atoms with Crippen LogP contribution in [0.1, 0.15) is 28.8 Å². The highest BCUT2D eigenvalue weighted by molar-refractivity contribution is 6.30. The van der Waals surface area contributed by atoms with E-state index in [-0.39, 0.29) is 5.97 Å². The third kappa shape index (κ3) is 3.53. The molecule has 4 rings (SSSR count). The molecule has 0 saturated heterocycles. The Bertz CT molecular complexity index is 963. The zero-order chi connectivity index (χ0) is 18.1. The average Bonchev–Trinajstić information content (AvgIpc) is 3.40. The third-order valence-electron chi connectivity index (χ3n) is 4.58. The first kappa shape index (κ1) is 16.9. The van der Waals surface area contributed by atoms with E-state index in [1.54, 1.807) is 18.3 Å². The van der Waals surface area contributed by atoms with Gasteiger partial charge in [0.15, 0.2) is 0 Å². The van der Waals surface area contributed by atoms with E-state index in [4.69, 9.17) is 21.1 Å². The number of carbonyl (C=O) groups excluding carboxylic acids is 1. The summed E-state index contributed by atoms with van der Waals surface area (Å²) in [4.78, 5) is 11.7. The van der Waals surface area contributed by atoms with Gasteiger partial charge in [-0.05, 0) is 55.2 Å². The van der Waals surface area contributed by atoms with Crippen LogP contribution in [0.25, 0.3) is 10.9 Å². The smallest absolute Gasteiger partial charge is 0.337 e. The number of rotatable bonds is 6. The van der Waals surface area contributed by atoms with Crippen LogP contribution in [0.2, 0.25) is 5.02 Å². The molecule has 26 heavy (non-hydrogen) atoms. The lowest BCUT2D eigenvalue weighted by Crippen LogP contribution is -2.06. The van der Waals surface area contributed by atoms with Crippen molar-refractivity contribution in [1.29, 1.82) is 0 Å². The molecule has 6 heteroatoms. The number of esters is 1. The SMILES string of the molecule is COC(=O)c1ccc2c(cnn2Cc2cc(Cl)ccc2OCC2CC2)c1. The molecule has 1 aliphatic rings. The van der Waals surface area contributed by atoms with Crippen LogP contribution < -0.4 is 4.74 Å². The van der Waals surface area contributed by atoms with Crippen LogP contribution in [0.3, 0.4) is 0 Å². The molecule has 1 heterocycles. The van der Waals surface area contributed by atoms with Crippen molar-refractivity contribution in [3.63, 3.8) is 0 Å². The first-order valence-corrected chi connectivity index (χ1v) is 8.97. The Hall–Kier alpha value is -2.53. The largest absolute Gasteiger partial charge is 0.493 e. The fraction of sp³-hybridized carbons (Fsp3) is 0.300. The number of carbonyl (C=O) groups is 1. The maximum Gasteiger partial charge on any atom is 0.337 e. The first-order valence-electron chi connectivity index (χ1n) is 8.59. The van der Waals surface area contributed by atoms with Crippen molar-refractivity contribution in [2.24, 2.45) is 5.92 Å². The van der Waals surface area contributed by atoms with Gasteiger partial charge in [0.25, 0.3) is 0 Å². The van der Waals surface area contributed by atoms with Crippen LogP contribution in [0.15, 0.2) is 42.6 Å². The van der Waals surface area contributed by atoms with E-state index in [1.165, 1.54) is 20.0 Å². The molecule has 134 valence electrons. The van der Waals surface area contributed by atoms with Gasteiger partial charge in [0.1, 0.15) is 5.75 Å². The standard InChI is InChI=1S/C20H19ClN2O3/c1-25-20(24)14-4-6-18-15(8-14)10-22-23(18)11-16-9-17(21)5-7-19(16)26-12-13-2-3-13/h4-10,13H,2-3,11-12H2,1H3. The number of nitrogens with zero attached hydrogens (tertiary/aromatic N) is 2. The molecular formula is C20H19ClN2O3. The Labute approximate surface area is 156 Å². The molecule has 0 N–H and O–H groups in total. The predicted octanol–water partition coefficient (Wildman–Crippen LogP) is 4.31. The van der Waals surface area contributed by atoms with Crippen molar-refractivity contribution >= 4 is 28.5 Å². The number of fused-ring (bicyclic) bond motifs is 1. The normalized spacial score (nSPS) is 13.8. The number of hydrogen-bond acceptors (Lipinski definition) is 4. The van der Waals surface area contributed by atoms with E-state index >= 15 is 0 Å². The van der Waals surface area contributed by atoms with E-state index in [9.17, 15) is 4.79 Å². The molecule has 3 aromatic rings. The maximum absolute atomic E-state index is 11.7. The van der Waals surface area contributed by atoms with Gasteiger partial charge in [0, 0.05) is 16.0 Å². The average molecular weight is 371 g/mol. The fourth-order valence-electron chi connectivity index (χ4n) is 2.92. The molecule has 0 aliphatic heterocycles. The molecule has 0 radical (unpaired) electrons. The maximum atomic E-state index is 11.7. The highest BCUT2D eigenvalue weighted by Crippen LogP contribution is 2.31. The van der Waals surface area contributed by atoms with E-state index in [1.807, 2.05) is 28.9 Å². The number of ether oxygens (including phenoxy) is 2. The van der Waals surface area contributed by atoms with Crippen molar-refractivity contribution < 1.29 is 14.3 Å². The van der Waals surface area contributed by atoms with Crippen LogP contribution >= 0.6 is 11.6 Å². The molecule has 0 bridgehead atoms. The minimum Gasteiger partial charge on any atom is -0.493 e. The minimum atomic E-state index is -0.356. The summed E-state index contributed by atoms with van der Waals surface area (Å²) < 4.78 is 12.6. The highest BCUT2D eigenvalue weighted by Gasteiger charge is 2.22.